The molecule has 1 aromatic rings. The van der Waals surface area contributed by atoms with Crippen molar-refractivity contribution in [3.05, 3.63) is 23.3 Å². The molecule has 0 aromatic heterocycles. The van der Waals surface area contributed by atoms with Crippen molar-refractivity contribution in [3.63, 3.8) is 0 Å². The first kappa shape index (κ1) is 13.4. The lowest BCUT2D eigenvalue weighted by molar-refractivity contribution is 0.0601. The van der Waals surface area contributed by atoms with E-state index in [0.717, 1.165) is 5.56 Å². The monoisotopic (exact) mass is 237 g/mol. The standard InChI is InChI=1S/C13H19NO3/c1-8(2)7-17-10-5-9(3)12(14)11(6-10)13(15)16-4/h5-6,8H,7,14H2,1-4H3. The van der Waals surface area contributed by atoms with Crippen LogP contribution in [-0.2, 0) is 4.74 Å². The Kier molecular flexibility index (Phi) is 4.37. The smallest absolute Gasteiger partial charge is 0.340 e. The minimum absolute atomic E-state index is 0.353. The molecule has 94 valence electrons. The van der Waals surface area contributed by atoms with Crippen LogP contribution in [0, 0.1) is 12.8 Å². The molecule has 2 N–H and O–H groups in total. The minimum atomic E-state index is -0.444. The van der Waals surface area contributed by atoms with Gasteiger partial charge in [0.1, 0.15) is 5.75 Å². The average Bonchev–Trinajstić information content (AvgIpc) is 2.29. The Hall–Kier alpha value is -1.71. The number of rotatable bonds is 4. The Morgan fingerprint density at radius 1 is 1.41 bits per heavy atom. The Morgan fingerprint density at radius 2 is 2.06 bits per heavy atom. The molecule has 0 unspecified atom stereocenters. The van der Waals surface area contributed by atoms with Crippen LogP contribution in [0.5, 0.6) is 5.75 Å². The Morgan fingerprint density at radius 3 is 2.59 bits per heavy atom. The first-order chi connectivity index (χ1) is 7.95. The molecule has 0 atom stereocenters. The molecule has 1 aromatic carbocycles. The number of hydrogen-bond donors (Lipinski definition) is 1. The van der Waals surface area contributed by atoms with Gasteiger partial charge in [0.25, 0.3) is 0 Å². The number of methoxy groups -OCH3 is 1. The number of nitrogen functional groups attached to an aromatic ring is 1. The molecule has 0 aliphatic rings. The lowest BCUT2D eigenvalue weighted by Gasteiger charge is -2.13. The van der Waals surface area contributed by atoms with E-state index in [1.807, 2.05) is 13.0 Å². The van der Waals surface area contributed by atoms with Gasteiger partial charge in [0, 0.05) is 5.69 Å². The molecule has 0 heterocycles. The first-order valence-corrected chi connectivity index (χ1v) is 5.57. The van der Waals surface area contributed by atoms with E-state index >= 15 is 0 Å². The lowest BCUT2D eigenvalue weighted by Crippen LogP contribution is -2.09. The Labute approximate surface area is 102 Å². The fraction of sp³-hybridized carbons (Fsp3) is 0.462. The summed E-state index contributed by atoms with van der Waals surface area (Å²) in [6.07, 6.45) is 0. The summed E-state index contributed by atoms with van der Waals surface area (Å²) >= 11 is 0. The second-order valence-electron chi connectivity index (χ2n) is 4.40. The van der Waals surface area contributed by atoms with E-state index in [0.29, 0.717) is 29.5 Å². The topological polar surface area (TPSA) is 61.5 Å². The normalized spacial score (nSPS) is 10.4. The number of benzene rings is 1. The molecule has 0 saturated carbocycles. The molecule has 1 rings (SSSR count). The van der Waals surface area contributed by atoms with Crippen LogP contribution in [0.2, 0.25) is 0 Å². The third-order valence-corrected chi connectivity index (χ3v) is 2.35. The Balaban J connectivity index is 3.01. The summed E-state index contributed by atoms with van der Waals surface area (Å²) in [5.41, 5.74) is 7.43. The van der Waals surface area contributed by atoms with Gasteiger partial charge in [-0.05, 0) is 30.5 Å². The molecule has 17 heavy (non-hydrogen) atoms. The number of nitrogens with two attached hydrogens (primary N) is 1. The van der Waals surface area contributed by atoms with Gasteiger partial charge in [0.15, 0.2) is 0 Å². The summed E-state index contributed by atoms with van der Waals surface area (Å²) in [5.74, 6) is 0.626. The third-order valence-electron chi connectivity index (χ3n) is 2.35. The number of carbonyl (C=O) groups is 1. The average molecular weight is 237 g/mol. The van der Waals surface area contributed by atoms with Crippen LogP contribution in [0.1, 0.15) is 29.8 Å². The number of esters is 1. The second-order valence-corrected chi connectivity index (χ2v) is 4.40. The quantitative estimate of drug-likeness (QED) is 0.645. The summed E-state index contributed by atoms with van der Waals surface area (Å²) in [5, 5.41) is 0. The van der Waals surface area contributed by atoms with Gasteiger partial charge in [-0.15, -0.1) is 0 Å². The van der Waals surface area contributed by atoms with E-state index in [4.69, 9.17) is 10.5 Å². The van der Waals surface area contributed by atoms with Crippen LogP contribution >= 0.6 is 0 Å². The first-order valence-electron chi connectivity index (χ1n) is 5.57. The van der Waals surface area contributed by atoms with Crippen molar-refractivity contribution in [2.45, 2.75) is 20.8 Å². The molecular formula is C13H19NO3. The molecule has 0 saturated heterocycles. The van der Waals surface area contributed by atoms with Crippen molar-refractivity contribution in [1.82, 2.24) is 0 Å². The van der Waals surface area contributed by atoms with Crippen LogP contribution in [0.15, 0.2) is 12.1 Å². The van der Waals surface area contributed by atoms with Crippen LogP contribution < -0.4 is 10.5 Å². The summed E-state index contributed by atoms with van der Waals surface area (Å²) in [4.78, 5) is 11.5. The highest BCUT2D eigenvalue weighted by atomic mass is 16.5. The van der Waals surface area contributed by atoms with Gasteiger partial charge >= 0.3 is 5.97 Å². The van der Waals surface area contributed by atoms with Crippen LogP contribution in [-0.4, -0.2) is 19.7 Å². The minimum Gasteiger partial charge on any atom is -0.493 e. The maximum absolute atomic E-state index is 11.5. The van der Waals surface area contributed by atoms with E-state index in [-0.39, 0.29) is 0 Å². The van der Waals surface area contributed by atoms with Crippen molar-refractivity contribution in [3.8, 4) is 5.75 Å². The van der Waals surface area contributed by atoms with E-state index in [9.17, 15) is 4.79 Å². The van der Waals surface area contributed by atoms with E-state index < -0.39 is 5.97 Å². The largest absolute Gasteiger partial charge is 0.493 e. The van der Waals surface area contributed by atoms with Crippen LogP contribution in [0.3, 0.4) is 0 Å². The summed E-state index contributed by atoms with van der Waals surface area (Å²) < 4.78 is 10.3. The number of aryl methyl sites for hydroxylation is 1. The van der Waals surface area contributed by atoms with E-state index in [1.165, 1.54) is 7.11 Å². The highest BCUT2D eigenvalue weighted by molar-refractivity contribution is 5.96. The van der Waals surface area contributed by atoms with Crippen molar-refractivity contribution in [2.24, 2.45) is 5.92 Å². The zero-order chi connectivity index (χ0) is 13.0. The molecule has 0 bridgehead atoms. The SMILES string of the molecule is COC(=O)c1cc(OCC(C)C)cc(C)c1N. The van der Waals surface area contributed by atoms with Gasteiger partial charge in [-0.25, -0.2) is 4.79 Å². The predicted octanol–water partition coefficient (Wildman–Crippen LogP) is 2.40. The van der Waals surface area contributed by atoms with Crippen LogP contribution in [0.25, 0.3) is 0 Å². The molecule has 4 nitrogen and oxygen atoms in total. The van der Waals surface area contributed by atoms with Gasteiger partial charge in [0.2, 0.25) is 0 Å². The third kappa shape index (κ3) is 3.37. The molecule has 0 aliphatic carbocycles. The zero-order valence-electron chi connectivity index (χ0n) is 10.7. The molecule has 0 spiro atoms. The molecule has 0 amide bonds. The van der Waals surface area contributed by atoms with Crippen molar-refractivity contribution < 1.29 is 14.3 Å². The summed E-state index contributed by atoms with van der Waals surface area (Å²) in [6, 6.07) is 3.45. The van der Waals surface area contributed by atoms with Crippen molar-refractivity contribution >= 4 is 11.7 Å². The van der Waals surface area contributed by atoms with Gasteiger partial charge in [0.05, 0.1) is 19.3 Å². The van der Waals surface area contributed by atoms with Crippen molar-refractivity contribution in [2.75, 3.05) is 19.5 Å². The van der Waals surface area contributed by atoms with Crippen molar-refractivity contribution in [1.29, 1.82) is 0 Å². The fourth-order valence-electron chi connectivity index (χ4n) is 1.39. The molecule has 0 fully saturated rings. The zero-order valence-corrected chi connectivity index (χ0v) is 10.7. The number of ether oxygens (including phenoxy) is 2. The molecular weight excluding hydrogens is 218 g/mol. The number of hydrogen-bond acceptors (Lipinski definition) is 4. The summed E-state index contributed by atoms with van der Waals surface area (Å²) in [7, 11) is 1.33. The maximum atomic E-state index is 11.5. The van der Waals surface area contributed by atoms with Gasteiger partial charge < -0.3 is 15.2 Å². The Bertz CT molecular complexity index is 413. The molecule has 0 radical (unpaired) electrons. The fourth-order valence-corrected chi connectivity index (χ4v) is 1.39. The summed E-state index contributed by atoms with van der Waals surface area (Å²) in [6.45, 7) is 6.56. The van der Waals surface area contributed by atoms with Crippen LogP contribution in [0.4, 0.5) is 5.69 Å². The highest BCUT2D eigenvalue weighted by Crippen LogP contribution is 2.25. The second kappa shape index (κ2) is 5.57. The maximum Gasteiger partial charge on any atom is 0.340 e. The van der Waals surface area contributed by atoms with E-state index in [2.05, 4.69) is 18.6 Å². The predicted molar refractivity (Wildman–Crippen MR) is 67.3 cm³/mol. The van der Waals surface area contributed by atoms with E-state index in [1.54, 1.807) is 6.07 Å². The highest BCUT2D eigenvalue weighted by Gasteiger charge is 2.14. The van der Waals surface area contributed by atoms with Gasteiger partial charge in [-0.2, -0.15) is 0 Å². The van der Waals surface area contributed by atoms with Gasteiger partial charge in [-0.1, -0.05) is 13.8 Å². The number of carbonyl (C=O) groups excluding carboxylic acids is 1. The molecule has 4 heteroatoms. The number of anilines is 1. The molecule has 0 aliphatic heterocycles. The lowest BCUT2D eigenvalue weighted by atomic mass is 10.1. The van der Waals surface area contributed by atoms with Gasteiger partial charge in [-0.3, -0.25) is 0 Å².